The Morgan fingerprint density at radius 2 is 2.00 bits per heavy atom. The van der Waals surface area contributed by atoms with Crippen LogP contribution < -0.4 is 4.72 Å². The first kappa shape index (κ1) is 19.9. The molecule has 4 rings (SSSR count). The highest BCUT2D eigenvalue weighted by atomic mass is 32.2. The standard InChI is InChI=1S/C21H30N2O4S/c1-27-13-12-23-19-6-3-10-21(19,11-9-20(23)24)15-22-28(25,26)18-8-7-16-4-2-5-17(16)14-18/h7-8,14,19,22H,2-6,9-13,15H2,1H3/t19-,21+/m1/s1. The van der Waals surface area contributed by atoms with Crippen molar-refractivity contribution in [3.63, 3.8) is 0 Å². The minimum Gasteiger partial charge on any atom is -0.383 e. The molecule has 0 unspecified atom stereocenters. The van der Waals surface area contributed by atoms with Crippen LogP contribution in [0.3, 0.4) is 0 Å². The van der Waals surface area contributed by atoms with Gasteiger partial charge in [0.05, 0.1) is 11.5 Å². The van der Waals surface area contributed by atoms with Crippen molar-refractivity contribution in [2.24, 2.45) is 5.41 Å². The molecule has 2 atom stereocenters. The monoisotopic (exact) mass is 406 g/mol. The lowest BCUT2D eigenvalue weighted by Gasteiger charge is -2.46. The molecule has 0 spiro atoms. The quantitative estimate of drug-likeness (QED) is 0.754. The van der Waals surface area contributed by atoms with Crippen LogP contribution in [0.25, 0.3) is 0 Å². The molecule has 0 bridgehead atoms. The number of carbonyl (C=O) groups is 1. The third-order valence-electron chi connectivity index (χ3n) is 6.92. The summed E-state index contributed by atoms with van der Waals surface area (Å²) in [7, 11) is -1.91. The molecule has 7 heteroatoms. The number of methoxy groups -OCH3 is 1. The Balaban J connectivity index is 1.50. The highest BCUT2D eigenvalue weighted by Crippen LogP contribution is 2.47. The van der Waals surface area contributed by atoms with Crippen LogP contribution in [0.5, 0.6) is 0 Å². The molecule has 154 valence electrons. The summed E-state index contributed by atoms with van der Waals surface area (Å²) < 4.78 is 34.0. The fourth-order valence-electron chi connectivity index (χ4n) is 5.37. The maximum atomic E-state index is 13.0. The summed E-state index contributed by atoms with van der Waals surface area (Å²) in [6.07, 6.45) is 7.27. The predicted molar refractivity (Wildman–Crippen MR) is 107 cm³/mol. The summed E-state index contributed by atoms with van der Waals surface area (Å²) in [5, 5.41) is 0. The molecule has 1 amide bonds. The third kappa shape index (κ3) is 3.60. The molecular formula is C21H30N2O4S. The predicted octanol–water partition coefficient (Wildman–Crippen LogP) is 2.26. The van der Waals surface area contributed by atoms with Gasteiger partial charge in [0.25, 0.3) is 0 Å². The zero-order chi connectivity index (χ0) is 19.8. The van der Waals surface area contributed by atoms with E-state index in [4.69, 9.17) is 4.74 Å². The van der Waals surface area contributed by atoms with Gasteiger partial charge < -0.3 is 9.64 Å². The third-order valence-corrected chi connectivity index (χ3v) is 8.32. The normalized spacial score (nSPS) is 27.1. The number of aryl methyl sites for hydroxylation is 2. The van der Waals surface area contributed by atoms with Gasteiger partial charge in [0.2, 0.25) is 15.9 Å². The van der Waals surface area contributed by atoms with Crippen LogP contribution in [0, 0.1) is 5.41 Å². The number of nitrogens with one attached hydrogen (secondary N) is 1. The second-order valence-corrected chi connectivity index (χ2v) is 10.2. The fraction of sp³-hybridized carbons (Fsp3) is 0.667. The topological polar surface area (TPSA) is 75.7 Å². The van der Waals surface area contributed by atoms with Crippen molar-refractivity contribution in [2.75, 3.05) is 26.8 Å². The van der Waals surface area contributed by atoms with Crippen molar-refractivity contribution in [2.45, 2.75) is 62.3 Å². The Bertz CT molecular complexity index is 854. The Labute approximate surface area is 167 Å². The molecule has 1 aromatic carbocycles. The minimum absolute atomic E-state index is 0.103. The van der Waals surface area contributed by atoms with E-state index in [-0.39, 0.29) is 17.4 Å². The number of hydrogen-bond donors (Lipinski definition) is 1. The first-order valence-corrected chi connectivity index (χ1v) is 11.8. The second kappa shape index (κ2) is 7.76. The van der Waals surface area contributed by atoms with E-state index in [1.807, 2.05) is 17.0 Å². The summed E-state index contributed by atoms with van der Waals surface area (Å²) in [6.45, 7) is 1.49. The number of benzene rings is 1. The van der Waals surface area contributed by atoms with Crippen molar-refractivity contribution in [1.29, 1.82) is 0 Å². The van der Waals surface area contributed by atoms with E-state index in [1.54, 1.807) is 13.2 Å². The Hall–Kier alpha value is -1.44. The number of likely N-dealkylation sites (tertiary alicyclic amines) is 1. The molecule has 0 aromatic heterocycles. The van der Waals surface area contributed by atoms with Crippen molar-refractivity contribution in [1.82, 2.24) is 9.62 Å². The molecule has 1 aliphatic heterocycles. The smallest absolute Gasteiger partial charge is 0.240 e. The molecule has 1 aromatic rings. The SMILES string of the molecule is COCCN1C(=O)CC[C@]2(CNS(=O)(=O)c3ccc4c(c3)CCC4)CCC[C@@H]12. The second-order valence-electron chi connectivity index (χ2n) is 8.46. The van der Waals surface area contributed by atoms with Gasteiger partial charge in [-0.05, 0) is 61.8 Å². The number of sulfonamides is 1. The van der Waals surface area contributed by atoms with Gasteiger partial charge in [0.15, 0.2) is 0 Å². The van der Waals surface area contributed by atoms with Gasteiger partial charge in [-0.1, -0.05) is 12.5 Å². The summed E-state index contributed by atoms with van der Waals surface area (Å²) in [5.41, 5.74) is 2.27. The maximum absolute atomic E-state index is 13.0. The van der Waals surface area contributed by atoms with E-state index in [9.17, 15) is 13.2 Å². The van der Waals surface area contributed by atoms with Gasteiger partial charge in [-0.3, -0.25) is 4.79 Å². The zero-order valence-corrected chi connectivity index (χ0v) is 17.4. The van der Waals surface area contributed by atoms with Crippen molar-refractivity contribution in [3.8, 4) is 0 Å². The van der Waals surface area contributed by atoms with E-state index < -0.39 is 10.0 Å². The number of rotatable bonds is 7. The fourth-order valence-corrected chi connectivity index (χ4v) is 6.56. The molecule has 1 saturated carbocycles. The maximum Gasteiger partial charge on any atom is 0.240 e. The number of hydrogen-bond acceptors (Lipinski definition) is 4. The summed E-state index contributed by atoms with van der Waals surface area (Å²) in [6, 6.07) is 5.63. The Morgan fingerprint density at radius 1 is 1.18 bits per heavy atom. The molecule has 6 nitrogen and oxygen atoms in total. The molecule has 1 N–H and O–H groups in total. The molecule has 2 aliphatic carbocycles. The van der Waals surface area contributed by atoms with Gasteiger partial charge >= 0.3 is 0 Å². The number of piperidine rings is 1. The average Bonchev–Trinajstić information content (AvgIpc) is 3.32. The Morgan fingerprint density at radius 3 is 2.82 bits per heavy atom. The summed E-state index contributed by atoms with van der Waals surface area (Å²) in [5.74, 6) is 0.168. The van der Waals surface area contributed by atoms with Gasteiger partial charge in [-0.15, -0.1) is 0 Å². The highest BCUT2D eigenvalue weighted by molar-refractivity contribution is 7.89. The van der Waals surface area contributed by atoms with Crippen LogP contribution >= 0.6 is 0 Å². The van der Waals surface area contributed by atoms with Gasteiger partial charge in [0, 0.05) is 38.1 Å². The molecule has 28 heavy (non-hydrogen) atoms. The summed E-state index contributed by atoms with van der Waals surface area (Å²) in [4.78, 5) is 14.7. The van der Waals surface area contributed by atoms with Crippen LogP contribution in [-0.4, -0.2) is 52.1 Å². The lowest BCUT2D eigenvalue weighted by Crippen LogP contribution is -2.56. The molecule has 3 aliphatic rings. The number of ether oxygens (including phenoxy) is 1. The van der Waals surface area contributed by atoms with Crippen LogP contribution in [0.4, 0.5) is 0 Å². The lowest BCUT2D eigenvalue weighted by molar-refractivity contribution is -0.142. The van der Waals surface area contributed by atoms with Crippen molar-refractivity contribution < 1.29 is 17.9 Å². The van der Waals surface area contributed by atoms with Crippen molar-refractivity contribution in [3.05, 3.63) is 29.3 Å². The Kier molecular flexibility index (Phi) is 5.51. The van der Waals surface area contributed by atoms with E-state index in [0.717, 1.165) is 50.5 Å². The first-order valence-electron chi connectivity index (χ1n) is 10.4. The van der Waals surface area contributed by atoms with Crippen LogP contribution in [-0.2, 0) is 32.4 Å². The molecule has 1 saturated heterocycles. The minimum atomic E-state index is -3.55. The van der Waals surface area contributed by atoms with Gasteiger partial charge in [0.1, 0.15) is 0 Å². The average molecular weight is 407 g/mol. The van der Waals surface area contributed by atoms with Crippen LogP contribution in [0.2, 0.25) is 0 Å². The largest absolute Gasteiger partial charge is 0.383 e. The molecule has 2 fully saturated rings. The number of nitrogens with zero attached hydrogens (tertiary/aromatic N) is 1. The van der Waals surface area contributed by atoms with E-state index in [0.29, 0.717) is 31.0 Å². The number of amides is 1. The van der Waals surface area contributed by atoms with E-state index in [2.05, 4.69) is 4.72 Å². The highest BCUT2D eigenvalue weighted by Gasteiger charge is 2.50. The number of carbonyl (C=O) groups excluding carboxylic acids is 1. The van der Waals surface area contributed by atoms with Gasteiger partial charge in [-0.25, -0.2) is 13.1 Å². The molecule has 1 heterocycles. The summed E-state index contributed by atoms with van der Waals surface area (Å²) >= 11 is 0. The zero-order valence-electron chi connectivity index (χ0n) is 16.6. The van der Waals surface area contributed by atoms with Crippen molar-refractivity contribution >= 4 is 15.9 Å². The lowest BCUT2D eigenvalue weighted by atomic mass is 9.74. The molecule has 0 radical (unpaired) electrons. The van der Waals surface area contributed by atoms with E-state index in [1.165, 1.54) is 5.56 Å². The molecular weight excluding hydrogens is 376 g/mol. The first-order chi connectivity index (χ1) is 13.5. The van der Waals surface area contributed by atoms with Gasteiger partial charge in [-0.2, -0.15) is 0 Å². The van der Waals surface area contributed by atoms with E-state index >= 15 is 0 Å². The van der Waals surface area contributed by atoms with Crippen LogP contribution in [0.1, 0.15) is 49.7 Å². The number of fused-ring (bicyclic) bond motifs is 2. The van der Waals surface area contributed by atoms with Crippen LogP contribution in [0.15, 0.2) is 23.1 Å².